The number of hydrogen-bond donors (Lipinski definition) is 1. The van der Waals surface area contributed by atoms with Crippen LogP contribution in [0, 0.1) is 6.92 Å². The number of aryl methyl sites for hydroxylation is 1. The van der Waals surface area contributed by atoms with Crippen LogP contribution in [-0.4, -0.2) is 42.2 Å². The first-order chi connectivity index (χ1) is 9.76. The van der Waals surface area contributed by atoms with Crippen LogP contribution in [0.1, 0.15) is 11.5 Å². The molecule has 7 heteroatoms. The first-order valence-corrected chi connectivity index (χ1v) is 7.68. The molecule has 1 unspecified atom stereocenters. The largest absolute Gasteiger partial charge is 0.440 e. The Bertz CT molecular complexity index is 559. The van der Waals surface area contributed by atoms with Gasteiger partial charge in [0.1, 0.15) is 5.76 Å². The van der Waals surface area contributed by atoms with Crippen molar-refractivity contribution >= 4 is 23.7 Å². The van der Waals surface area contributed by atoms with Crippen molar-refractivity contribution in [3.8, 4) is 10.8 Å². The number of aromatic nitrogens is 1. The SMILES string of the molecule is Cc1oc(-c2cccs2)nc1CN1CCOC(CN)C1.Cl. The number of rotatable bonds is 4. The van der Waals surface area contributed by atoms with Gasteiger partial charge in [-0.05, 0) is 18.4 Å². The number of thiophene rings is 1. The Hall–Kier alpha value is -0.920. The Morgan fingerprint density at radius 3 is 3.10 bits per heavy atom. The van der Waals surface area contributed by atoms with Gasteiger partial charge in [0.25, 0.3) is 0 Å². The van der Waals surface area contributed by atoms with E-state index in [-0.39, 0.29) is 18.5 Å². The monoisotopic (exact) mass is 329 g/mol. The van der Waals surface area contributed by atoms with Crippen molar-refractivity contribution in [1.29, 1.82) is 0 Å². The van der Waals surface area contributed by atoms with Crippen molar-refractivity contribution in [3.63, 3.8) is 0 Å². The van der Waals surface area contributed by atoms with Crippen LogP contribution in [0.15, 0.2) is 21.9 Å². The minimum absolute atomic E-state index is 0. The maximum absolute atomic E-state index is 5.77. The van der Waals surface area contributed by atoms with Crippen LogP contribution in [0.5, 0.6) is 0 Å². The zero-order chi connectivity index (χ0) is 13.9. The van der Waals surface area contributed by atoms with Crippen LogP contribution in [0.25, 0.3) is 10.8 Å². The van der Waals surface area contributed by atoms with Gasteiger partial charge in [-0.3, -0.25) is 4.90 Å². The summed E-state index contributed by atoms with van der Waals surface area (Å²) in [4.78, 5) is 8.02. The third-order valence-corrected chi connectivity index (χ3v) is 4.34. The third-order valence-electron chi connectivity index (χ3n) is 3.48. The second-order valence-electron chi connectivity index (χ2n) is 4.96. The molecular weight excluding hydrogens is 310 g/mol. The Morgan fingerprint density at radius 2 is 2.38 bits per heavy atom. The zero-order valence-corrected chi connectivity index (χ0v) is 13.6. The summed E-state index contributed by atoms with van der Waals surface area (Å²) in [6.07, 6.45) is 0.132. The van der Waals surface area contributed by atoms with Crippen molar-refractivity contribution in [3.05, 3.63) is 29.0 Å². The standard InChI is InChI=1S/C14H19N3O2S.ClH/c1-10-12(9-17-4-5-18-11(7-15)8-17)16-14(19-10)13-3-2-6-20-13;/h2-3,6,11H,4-5,7-9,15H2,1H3;1H. The van der Waals surface area contributed by atoms with Gasteiger partial charge < -0.3 is 14.9 Å². The van der Waals surface area contributed by atoms with Crippen LogP contribution >= 0.6 is 23.7 Å². The predicted octanol–water partition coefficient (Wildman–Crippen LogP) is 2.29. The lowest BCUT2D eigenvalue weighted by atomic mass is 10.2. The molecule has 0 spiro atoms. The Kier molecular flexibility index (Phi) is 5.78. The van der Waals surface area contributed by atoms with Crippen molar-refractivity contribution in [2.24, 2.45) is 5.73 Å². The summed E-state index contributed by atoms with van der Waals surface area (Å²) in [7, 11) is 0. The molecule has 0 aliphatic carbocycles. The fraction of sp³-hybridized carbons (Fsp3) is 0.500. The molecule has 21 heavy (non-hydrogen) atoms. The van der Waals surface area contributed by atoms with E-state index in [0.29, 0.717) is 6.54 Å². The number of ether oxygens (including phenoxy) is 1. The Labute approximate surface area is 134 Å². The van der Waals surface area contributed by atoms with Gasteiger partial charge in [0.2, 0.25) is 5.89 Å². The van der Waals surface area contributed by atoms with E-state index in [2.05, 4.69) is 9.88 Å². The molecular formula is C14H20ClN3O2S. The summed E-state index contributed by atoms with van der Waals surface area (Å²) in [6.45, 7) is 5.83. The smallest absolute Gasteiger partial charge is 0.236 e. The van der Waals surface area contributed by atoms with E-state index in [4.69, 9.17) is 14.9 Å². The highest BCUT2D eigenvalue weighted by Crippen LogP contribution is 2.26. The number of nitrogens with two attached hydrogens (primary N) is 1. The maximum Gasteiger partial charge on any atom is 0.236 e. The van der Waals surface area contributed by atoms with Gasteiger partial charge in [0.05, 0.1) is 23.3 Å². The van der Waals surface area contributed by atoms with E-state index in [0.717, 1.165) is 48.5 Å². The number of morpholine rings is 1. The molecule has 2 N–H and O–H groups in total. The first kappa shape index (κ1) is 16.5. The molecule has 2 aromatic rings. The number of halogens is 1. The average molecular weight is 330 g/mol. The third kappa shape index (κ3) is 3.84. The molecule has 0 radical (unpaired) electrons. The Balaban J connectivity index is 0.00000161. The van der Waals surface area contributed by atoms with E-state index in [1.807, 2.05) is 24.4 Å². The first-order valence-electron chi connectivity index (χ1n) is 6.80. The summed E-state index contributed by atoms with van der Waals surface area (Å²) >= 11 is 1.64. The second kappa shape index (κ2) is 7.38. The number of oxazole rings is 1. The van der Waals surface area contributed by atoms with Gasteiger partial charge in [-0.15, -0.1) is 23.7 Å². The molecule has 0 saturated carbocycles. The molecule has 3 heterocycles. The minimum atomic E-state index is 0. The molecule has 1 fully saturated rings. The predicted molar refractivity (Wildman–Crippen MR) is 85.9 cm³/mol. The highest BCUT2D eigenvalue weighted by atomic mass is 35.5. The van der Waals surface area contributed by atoms with Gasteiger partial charge >= 0.3 is 0 Å². The quantitative estimate of drug-likeness (QED) is 0.932. The molecule has 116 valence electrons. The van der Waals surface area contributed by atoms with Crippen molar-refractivity contribution < 1.29 is 9.15 Å². The molecule has 1 saturated heterocycles. The molecule has 3 rings (SSSR count). The van der Waals surface area contributed by atoms with Crippen molar-refractivity contribution in [2.75, 3.05) is 26.2 Å². The van der Waals surface area contributed by atoms with E-state index < -0.39 is 0 Å². The molecule has 1 aliphatic rings. The molecule has 5 nitrogen and oxygen atoms in total. The lowest BCUT2D eigenvalue weighted by molar-refractivity contribution is -0.0264. The lowest BCUT2D eigenvalue weighted by Crippen LogP contribution is -2.45. The summed E-state index contributed by atoms with van der Waals surface area (Å²) < 4.78 is 11.4. The minimum Gasteiger partial charge on any atom is -0.440 e. The maximum atomic E-state index is 5.77. The van der Waals surface area contributed by atoms with Crippen molar-refractivity contribution in [1.82, 2.24) is 9.88 Å². The van der Waals surface area contributed by atoms with Crippen LogP contribution in [0.2, 0.25) is 0 Å². The van der Waals surface area contributed by atoms with Crippen LogP contribution in [-0.2, 0) is 11.3 Å². The molecule has 0 aromatic carbocycles. The van der Waals surface area contributed by atoms with E-state index in [1.54, 1.807) is 11.3 Å². The van der Waals surface area contributed by atoms with Crippen molar-refractivity contribution in [2.45, 2.75) is 19.6 Å². The summed E-state index contributed by atoms with van der Waals surface area (Å²) in [6, 6.07) is 4.03. The average Bonchev–Trinajstić information content (AvgIpc) is 3.10. The molecule has 1 aliphatic heterocycles. The molecule has 0 amide bonds. The summed E-state index contributed by atoms with van der Waals surface area (Å²) in [5.41, 5.74) is 6.68. The van der Waals surface area contributed by atoms with E-state index in [9.17, 15) is 0 Å². The highest BCUT2D eigenvalue weighted by Gasteiger charge is 2.21. The van der Waals surface area contributed by atoms with Gasteiger partial charge in [-0.2, -0.15) is 0 Å². The normalized spacial score (nSPS) is 19.4. The highest BCUT2D eigenvalue weighted by molar-refractivity contribution is 7.13. The number of nitrogens with zero attached hydrogens (tertiary/aromatic N) is 2. The Morgan fingerprint density at radius 1 is 1.52 bits per heavy atom. The van der Waals surface area contributed by atoms with E-state index in [1.165, 1.54) is 0 Å². The molecule has 2 aromatic heterocycles. The fourth-order valence-electron chi connectivity index (χ4n) is 2.36. The summed E-state index contributed by atoms with van der Waals surface area (Å²) in [5, 5.41) is 2.03. The van der Waals surface area contributed by atoms with Gasteiger partial charge in [0, 0.05) is 26.2 Å². The number of hydrogen-bond acceptors (Lipinski definition) is 6. The second-order valence-corrected chi connectivity index (χ2v) is 5.91. The summed E-state index contributed by atoms with van der Waals surface area (Å²) in [5.74, 6) is 1.61. The van der Waals surface area contributed by atoms with E-state index >= 15 is 0 Å². The lowest BCUT2D eigenvalue weighted by Gasteiger charge is -2.31. The van der Waals surface area contributed by atoms with Crippen LogP contribution in [0.3, 0.4) is 0 Å². The topological polar surface area (TPSA) is 64.5 Å². The van der Waals surface area contributed by atoms with Crippen LogP contribution < -0.4 is 5.73 Å². The van der Waals surface area contributed by atoms with Gasteiger partial charge in [0.15, 0.2) is 0 Å². The zero-order valence-electron chi connectivity index (χ0n) is 11.9. The van der Waals surface area contributed by atoms with Crippen LogP contribution in [0.4, 0.5) is 0 Å². The fourth-order valence-corrected chi connectivity index (χ4v) is 3.01. The molecule has 0 bridgehead atoms. The van der Waals surface area contributed by atoms with Gasteiger partial charge in [-0.25, -0.2) is 4.98 Å². The van der Waals surface area contributed by atoms with Gasteiger partial charge in [-0.1, -0.05) is 6.07 Å². The molecule has 1 atom stereocenters.